The van der Waals surface area contributed by atoms with Gasteiger partial charge in [-0.25, -0.2) is 0 Å². The molecule has 0 heterocycles. The van der Waals surface area contributed by atoms with Gasteiger partial charge in [0.1, 0.15) is 5.75 Å². The van der Waals surface area contributed by atoms with Crippen LogP contribution in [-0.4, -0.2) is 17.4 Å². The fourth-order valence-electron chi connectivity index (χ4n) is 1.48. The summed E-state index contributed by atoms with van der Waals surface area (Å²) in [5.41, 5.74) is 3.35. The van der Waals surface area contributed by atoms with Crippen molar-refractivity contribution < 1.29 is 35.0 Å². The Morgan fingerprint density at radius 1 is 1.27 bits per heavy atom. The SMILES string of the molecule is CCc1ccc(OB(O)O)c(C)c1C.[H-].[Li+]. The Bertz CT molecular complexity index is 334. The second kappa shape index (κ2) is 6.24. The molecule has 3 nitrogen and oxygen atoms in total. The fourth-order valence-corrected chi connectivity index (χ4v) is 1.48. The topological polar surface area (TPSA) is 49.7 Å². The third-order valence-electron chi connectivity index (χ3n) is 2.46. The van der Waals surface area contributed by atoms with Crippen LogP contribution in [0.5, 0.6) is 5.75 Å². The maximum absolute atomic E-state index is 8.68. The summed E-state index contributed by atoms with van der Waals surface area (Å²) in [5, 5.41) is 17.4. The number of hydrogen-bond donors (Lipinski definition) is 2. The summed E-state index contributed by atoms with van der Waals surface area (Å²) in [7, 11) is -1.75. The molecule has 15 heavy (non-hydrogen) atoms. The van der Waals surface area contributed by atoms with E-state index in [9.17, 15) is 0 Å². The van der Waals surface area contributed by atoms with Gasteiger partial charge in [-0.2, -0.15) is 0 Å². The van der Waals surface area contributed by atoms with Crippen LogP contribution in [0.15, 0.2) is 12.1 Å². The molecule has 0 spiro atoms. The maximum Gasteiger partial charge on any atom is 1.00 e. The van der Waals surface area contributed by atoms with Crippen molar-refractivity contribution >= 4 is 7.32 Å². The minimum Gasteiger partial charge on any atom is -1.00 e. The van der Waals surface area contributed by atoms with Crippen molar-refractivity contribution in [2.45, 2.75) is 27.2 Å². The predicted octanol–water partition coefficient (Wildman–Crippen LogP) is -1.67. The van der Waals surface area contributed by atoms with Crippen LogP contribution in [0.3, 0.4) is 0 Å². The van der Waals surface area contributed by atoms with Crippen LogP contribution in [0.1, 0.15) is 25.0 Å². The van der Waals surface area contributed by atoms with Gasteiger partial charge in [0, 0.05) is 0 Å². The van der Waals surface area contributed by atoms with Gasteiger partial charge in [-0.15, -0.1) is 0 Å². The van der Waals surface area contributed by atoms with E-state index in [4.69, 9.17) is 14.7 Å². The van der Waals surface area contributed by atoms with Gasteiger partial charge in [0.05, 0.1) is 0 Å². The largest absolute Gasteiger partial charge is 1.00 e. The zero-order chi connectivity index (χ0) is 10.7. The van der Waals surface area contributed by atoms with E-state index >= 15 is 0 Å². The molecule has 0 aromatic heterocycles. The minimum atomic E-state index is -1.75. The molecule has 0 atom stereocenters. The Morgan fingerprint density at radius 2 is 1.87 bits per heavy atom. The van der Waals surface area contributed by atoms with Crippen LogP contribution in [0.25, 0.3) is 0 Å². The van der Waals surface area contributed by atoms with Crippen LogP contribution in [0.2, 0.25) is 0 Å². The molecule has 5 heteroatoms. The standard InChI is InChI=1S/C10H15BO3.Li.H/c1-4-9-5-6-10(14-11(12)13)8(3)7(9)2;;/h5-6,12-13H,4H2,1-3H3;;/q;+1;-1. The van der Waals surface area contributed by atoms with Gasteiger partial charge in [-0.05, 0) is 43.0 Å². The first kappa shape index (κ1) is 14.6. The van der Waals surface area contributed by atoms with E-state index < -0.39 is 7.32 Å². The second-order valence-electron chi connectivity index (χ2n) is 3.27. The first-order chi connectivity index (χ1) is 6.56. The summed E-state index contributed by atoms with van der Waals surface area (Å²) < 4.78 is 4.84. The Hall–Kier alpha value is -0.398. The number of benzene rings is 1. The molecule has 0 saturated carbocycles. The van der Waals surface area contributed by atoms with Gasteiger partial charge in [-0.3, -0.25) is 0 Å². The molecular weight excluding hydrogens is 186 g/mol. The van der Waals surface area contributed by atoms with Crippen LogP contribution >= 0.6 is 0 Å². The van der Waals surface area contributed by atoms with Gasteiger partial charge < -0.3 is 16.1 Å². The molecule has 0 aliphatic heterocycles. The molecular formula is C10H16BLiO3. The van der Waals surface area contributed by atoms with E-state index in [1.165, 1.54) is 5.56 Å². The normalized spacial score (nSPS) is 9.40. The summed E-state index contributed by atoms with van der Waals surface area (Å²) in [5.74, 6) is 0.523. The predicted molar refractivity (Wildman–Crippen MR) is 57.2 cm³/mol. The molecule has 0 amide bonds. The van der Waals surface area contributed by atoms with Crippen LogP contribution < -0.4 is 23.5 Å². The van der Waals surface area contributed by atoms with Gasteiger partial charge >= 0.3 is 26.2 Å². The van der Waals surface area contributed by atoms with E-state index in [-0.39, 0.29) is 20.3 Å². The van der Waals surface area contributed by atoms with Crippen molar-refractivity contribution in [3.63, 3.8) is 0 Å². The van der Waals surface area contributed by atoms with Crippen LogP contribution in [0, 0.1) is 13.8 Å². The Labute approximate surface area is 104 Å². The zero-order valence-corrected chi connectivity index (χ0v) is 9.74. The first-order valence-electron chi connectivity index (χ1n) is 4.68. The molecule has 0 aliphatic carbocycles. The Kier molecular flexibility index (Phi) is 6.08. The zero-order valence-electron chi connectivity index (χ0n) is 10.7. The summed E-state index contributed by atoms with van der Waals surface area (Å²) in [6.45, 7) is 6.00. The Morgan fingerprint density at radius 3 is 2.33 bits per heavy atom. The molecule has 2 N–H and O–H groups in total. The van der Waals surface area contributed by atoms with Crippen molar-refractivity contribution in [2.75, 3.05) is 0 Å². The molecule has 0 aliphatic rings. The second-order valence-corrected chi connectivity index (χ2v) is 3.27. The average Bonchev–Trinajstić information content (AvgIpc) is 2.13. The number of hydrogen-bond acceptors (Lipinski definition) is 3. The fraction of sp³-hybridized carbons (Fsp3) is 0.400. The van der Waals surface area contributed by atoms with E-state index in [1.807, 2.05) is 19.9 Å². The number of rotatable bonds is 3. The summed E-state index contributed by atoms with van der Waals surface area (Å²) in [6.07, 6.45) is 0.967. The molecule has 1 rings (SSSR count). The first-order valence-corrected chi connectivity index (χ1v) is 4.68. The average molecular weight is 202 g/mol. The van der Waals surface area contributed by atoms with Crippen molar-refractivity contribution in [3.05, 3.63) is 28.8 Å². The molecule has 0 fully saturated rings. The van der Waals surface area contributed by atoms with Crippen molar-refractivity contribution in [2.24, 2.45) is 0 Å². The summed E-state index contributed by atoms with van der Waals surface area (Å²) >= 11 is 0. The molecule has 0 bridgehead atoms. The number of aryl methyl sites for hydroxylation is 1. The van der Waals surface area contributed by atoms with E-state index in [0.29, 0.717) is 5.75 Å². The molecule has 0 unspecified atom stereocenters. The minimum absolute atomic E-state index is 0. The van der Waals surface area contributed by atoms with Gasteiger partial charge in [0.15, 0.2) is 0 Å². The van der Waals surface area contributed by atoms with E-state index in [0.717, 1.165) is 17.5 Å². The van der Waals surface area contributed by atoms with E-state index in [2.05, 4.69) is 6.92 Å². The van der Waals surface area contributed by atoms with Gasteiger partial charge in [-0.1, -0.05) is 13.0 Å². The smallest absolute Gasteiger partial charge is 1.00 e. The monoisotopic (exact) mass is 202 g/mol. The van der Waals surface area contributed by atoms with Crippen molar-refractivity contribution in [3.8, 4) is 5.75 Å². The quantitative estimate of drug-likeness (QED) is 0.576. The van der Waals surface area contributed by atoms with E-state index in [1.54, 1.807) is 6.07 Å². The molecule has 1 aromatic rings. The third kappa shape index (κ3) is 3.58. The van der Waals surface area contributed by atoms with Crippen molar-refractivity contribution in [1.82, 2.24) is 0 Å². The van der Waals surface area contributed by atoms with Crippen LogP contribution in [0.4, 0.5) is 0 Å². The Balaban J connectivity index is 0. The molecule has 0 radical (unpaired) electrons. The molecule has 0 saturated heterocycles. The summed E-state index contributed by atoms with van der Waals surface area (Å²) in [4.78, 5) is 0. The molecule has 78 valence electrons. The van der Waals surface area contributed by atoms with Crippen molar-refractivity contribution in [1.29, 1.82) is 0 Å². The third-order valence-corrected chi connectivity index (χ3v) is 2.46. The summed E-state index contributed by atoms with van der Waals surface area (Å²) in [6, 6.07) is 3.71. The maximum atomic E-state index is 8.68. The van der Waals surface area contributed by atoms with Crippen LogP contribution in [-0.2, 0) is 6.42 Å². The molecule has 1 aromatic carbocycles. The van der Waals surface area contributed by atoms with Gasteiger partial charge in [0.25, 0.3) is 0 Å². The van der Waals surface area contributed by atoms with Gasteiger partial charge in [0.2, 0.25) is 0 Å².